The number of rotatable bonds is 1. The minimum atomic E-state index is -0.941. The van der Waals surface area contributed by atoms with Crippen molar-refractivity contribution in [2.24, 2.45) is 0 Å². The van der Waals surface area contributed by atoms with E-state index in [1.54, 1.807) is 0 Å². The van der Waals surface area contributed by atoms with E-state index in [4.69, 9.17) is 0 Å². The van der Waals surface area contributed by atoms with Gasteiger partial charge in [0.05, 0.1) is 6.04 Å². The molecule has 2 atom stereocenters. The maximum absolute atomic E-state index is 11.3. The second kappa shape index (κ2) is 4.34. The summed E-state index contributed by atoms with van der Waals surface area (Å²) in [5.41, 5.74) is 3.44. The third kappa shape index (κ3) is 1.69. The van der Waals surface area contributed by atoms with Crippen LogP contribution in [0, 0.1) is 0 Å². The van der Waals surface area contributed by atoms with Gasteiger partial charge in [-0.05, 0) is 30.2 Å². The topological polar surface area (TPSA) is 25.2 Å². The van der Waals surface area contributed by atoms with Crippen LogP contribution in [-0.2, 0) is 5.60 Å². The molecule has 4 rings (SSSR count). The van der Waals surface area contributed by atoms with Crippen LogP contribution in [0.3, 0.4) is 0 Å². The Labute approximate surface area is 124 Å². The minimum absolute atomic E-state index is 0.112. The first kappa shape index (κ1) is 12.4. The second-order valence-electron chi connectivity index (χ2n) is 5.81. The molecule has 0 saturated carbocycles. The van der Waals surface area contributed by atoms with Crippen molar-refractivity contribution in [1.82, 2.24) is 4.57 Å². The maximum Gasteiger partial charge on any atom is 0.112 e. The van der Waals surface area contributed by atoms with Crippen LogP contribution < -0.4 is 0 Å². The summed E-state index contributed by atoms with van der Waals surface area (Å²) in [5.74, 6) is 0. The van der Waals surface area contributed by atoms with Crippen molar-refractivity contribution < 1.29 is 5.11 Å². The van der Waals surface area contributed by atoms with E-state index in [9.17, 15) is 5.11 Å². The molecule has 0 fully saturated rings. The Kier molecular flexibility index (Phi) is 2.57. The fourth-order valence-electron chi connectivity index (χ4n) is 3.53. The fourth-order valence-corrected chi connectivity index (χ4v) is 3.53. The number of nitrogens with zero attached hydrogens (tertiary/aromatic N) is 1. The van der Waals surface area contributed by atoms with E-state index in [2.05, 4.69) is 35.0 Å². The Balaban J connectivity index is 2.02. The molecule has 0 radical (unpaired) electrons. The number of aliphatic hydroxyl groups is 1. The molecular weight excluding hydrogens is 258 g/mol. The second-order valence-corrected chi connectivity index (χ2v) is 5.81. The molecule has 2 aromatic carbocycles. The smallest absolute Gasteiger partial charge is 0.112 e. The number of hydrogen-bond acceptors (Lipinski definition) is 1. The summed E-state index contributed by atoms with van der Waals surface area (Å²) in [4.78, 5) is 0. The molecule has 0 amide bonds. The molecule has 1 N–H and O–H groups in total. The van der Waals surface area contributed by atoms with Gasteiger partial charge < -0.3 is 9.67 Å². The van der Waals surface area contributed by atoms with Gasteiger partial charge in [0.2, 0.25) is 0 Å². The van der Waals surface area contributed by atoms with Gasteiger partial charge in [0.25, 0.3) is 0 Å². The van der Waals surface area contributed by atoms with E-state index in [0.29, 0.717) is 0 Å². The third-order valence-corrected chi connectivity index (χ3v) is 4.45. The van der Waals surface area contributed by atoms with Crippen molar-refractivity contribution in [3.63, 3.8) is 0 Å². The van der Waals surface area contributed by atoms with Gasteiger partial charge >= 0.3 is 0 Å². The number of aromatic nitrogens is 1. The van der Waals surface area contributed by atoms with Gasteiger partial charge in [0, 0.05) is 17.5 Å². The van der Waals surface area contributed by atoms with E-state index in [-0.39, 0.29) is 6.04 Å². The fraction of sp³-hybridized carbons (Fsp3) is 0.158. The van der Waals surface area contributed by atoms with E-state index in [0.717, 1.165) is 22.4 Å². The maximum atomic E-state index is 11.3. The lowest BCUT2D eigenvalue weighted by atomic mass is 9.78. The molecule has 1 aliphatic heterocycles. The first-order chi connectivity index (χ1) is 10.2. The van der Waals surface area contributed by atoms with Crippen LogP contribution in [-0.4, -0.2) is 9.67 Å². The van der Waals surface area contributed by atoms with Gasteiger partial charge in [-0.2, -0.15) is 0 Å². The van der Waals surface area contributed by atoms with Crippen molar-refractivity contribution in [1.29, 1.82) is 0 Å². The number of fused-ring (bicyclic) bond motifs is 3. The highest BCUT2D eigenvalue weighted by Gasteiger charge is 2.42. The molecule has 104 valence electrons. The molecule has 0 spiro atoms. The summed E-state index contributed by atoms with van der Waals surface area (Å²) in [6.45, 7) is 1.91. The summed E-state index contributed by atoms with van der Waals surface area (Å²) >= 11 is 0. The van der Waals surface area contributed by atoms with Crippen molar-refractivity contribution in [2.75, 3.05) is 0 Å². The van der Waals surface area contributed by atoms with E-state index in [1.165, 1.54) is 0 Å². The van der Waals surface area contributed by atoms with Crippen molar-refractivity contribution in [3.05, 3.63) is 84.1 Å². The summed E-state index contributed by atoms with van der Waals surface area (Å²) in [5, 5.41) is 11.3. The van der Waals surface area contributed by atoms with Crippen LogP contribution in [0.1, 0.15) is 24.1 Å². The van der Waals surface area contributed by atoms with Gasteiger partial charge in [0.1, 0.15) is 5.60 Å². The zero-order chi connectivity index (χ0) is 14.4. The van der Waals surface area contributed by atoms with Gasteiger partial charge in [-0.25, -0.2) is 0 Å². The van der Waals surface area contributed by atoms with E-state index in [1.807, 2.05) is 49.4 Å². The molecule has 3 aromatic rings. The molecule has 2 heteroatoms. The number of hydrogen-bond donors (Lipinski definition) is 1. The Morgan fingerprint density at radius 2 is 1.62 bits per heavy atom. The Bertz CT molecular complexity index is 786. The molecule has 0 aliphatic carbocycles. The Morgan fingerprint density at radius 1 is 0.905 bits per heavy atom. The predicted molar refractivity (Wildman–Crippen MR) is 84.0 cm³/mol. The zero-order valence-corrected chi connectivity index (χ0v) is 11.9. The van der Waals surface area contributed by atoms with Crippen LogP contribution >= 0.6 is 0 Å². The van der Waals surface area contributed by atoms with Crippen molar-refractivity contribution >= 4 is 0 Å². The van der Waals surface area contributed by atoms with Crippen LogP contribution in [0.25, 0.3) is 11.3 Å². The quantitative estimate of drug-likeness (QED) is 0.714. The molecule has 2 nitrogen and oxygen atoms in total. The van der Waals surface area contributed by atoms with Gasteiger partial charge in [0.15, 0.2) is 0 Å². The monoisotopic (exact) mass is 275 g/mol. The molecule has 21 heavy (non-hydrogen) atoms. The summed E-state index contributed by atoms with van der Waals surface area (Å²) in [6.07, 6.45) is 2.05. The van der Waals surface area contributed by atoms with E-state index < -0.39 is 5.60 Å². The van der Waals surface area contributed by atoms with E-state index >= 15 is 0 Å². The predicted octanol–water partition coefficient (Wildman–Crippen LogP) is 3.97. The van der Waals surface area contributed by atoms with Crippen LogP contribution in [0.15, 0.2) is 72.9 Å². The molecule has 1 aromatic heterocycles. The zero-order valence-electron chi connectivity index (χ0n) is 11.9. The first-order valence-electron chi connectivity index (χ1n) is 7.23. The average molecular weight is 275 g/mol. The molecule has 0 saturated heterocycles. The van der Waals surface area contributed by atoms with Crippen LogP contribution in [0.4, 0.5) is 0 Å². The first-order valence-corrected chi connectivity index (χ1v) is 7.23. The normalized spacial score (nSPS) is 23.4. The summed E-state index contributed by atoms with van der Waals surface area (Å²) in [7, 11) is 0. The van der Waals surface area contributed by atoms with Gasteiger partial charge in [-0.1, -0.05) is 54.6 Å². The number of benzene rings is 2. The SMILES string of the molecule is C[C@@]1(O)c2ccccc2-c2cccn2[C@H]1c1ccccc1. The summed E-state index contributed by atoms with van der Waals surface area (Å²) in [6, 6.07) is 22.4. The third-order valence-electron chi connectivity index (χ3n) is 4.45. The highest BCUT2D eigenvalue weighted by atomic mass is 16.3. The van der Waals surface area contributed by atoms with Crippen molar-refractivity contribution in [2.45, 2.75) is 18.6 Å². The molecular formula is C19H17NO. The Morgan fingerprint density at radius 3 is 2.43 bits per heavy atom. The minimum Gasteiger partial charge on any atom is -0.383 e. The van der Waals surface area contributed by atoms with Gasteiger partial charge in [-0.3, -0.25) is 0 Å². The lowest BCUT2D eigenvalue weighted by Crippen LogP contribution is -2.38. The molecule has 1 aliphatic rings. The highest BCUT2D eigenvalue weighted by Crippen LogP contribution is 2.47. The van der Waals surface area contributed by atoms with Crippen molar-refractivity contribution in [3.8, 4) is 11.3 Å². The molecule has 2 heterocycles. The average Bonchev–Trinajstić information content (AvgIpc) is 2.97. The lowest BCUT2D eigenvalue weighted by molar-refractivity contribution is 0.0136. The van der Waals surface area contributed by atoms with Crippen LogP contribution in [0.2, 0.25) is 0 Å². The molecule has 0 bridgehead atoms. The standard InChI is InChI=1S/C19H17NO/c1-19(21)16-11-6-5-10-15(16)17-12-7-13-20(17)18(19)14-8-3-2-4-9-14/h2-13,18,21H,1H3/t18-,19+/m0/s1. The molecule has 0 unspecified atom stereocenters. The van der Waals surface area contributed by atoms with Gasteiger partial charge in [-0.15, -0.1) is 0 Å². The highest BCUT2D eigenvalue weighted by molar-refractivity contribution is 5.69. The van der Waals surface area contributed by atoms with Crippen LogP contribution in [0.5, 0.6) is 0 Å². The summed E-state index contributed by atoms with van der Waals surface area (Å²) < 4.78 is 2.18. The lowest BCUT2D eigenvalue weighted by Gasteiger charge is -2.41. The largest absolute Gasteiger partial charge is 0.383 e. The Hall–Kier alpha value is -2.32.